The number of carbonyl (C=O) groups is 2. The van der Waals surface area contributed by atoms with Crippen molar-refractivity contribution in [3.8, 4) is 0 Å². The predicted octanol–water partition coefficient (Wildman–Crippen LogP) is 3.17. The molecule has 0 bridgehead atoms. The van der Waals surface area contributed by atoms with Gasteiger partial charge in [-0.2, -0.15) is 0 Å². The van der Waals surface area contributed by atoms with E-state index >= 15 is 0 Å². The van der Waals surface area contributed by atoms with E-state index in [-0.39, 0.29) is 25.6 Å². The molecule has 0 amide bonds. The molecule has 0 aliphatic rings. The molecule has 0 saturated carbocycles. The normalized spacial score (nSPS) is 11.2. The third-order valence-corrected chi connectivity index (χ3v) is 4.10. The van der Waals surface area contributed by atoms with E-state index in [1.807, 2.05) is 39.8 Å². The molecule has 0 unspecified atom stereocenters. The van der Waals surface area contributed by atoms with Gasteiger partial charge < -0.3 is 14.2 Å². The molecule has 23 heavy (non-hydrogen) atoms. The number of ether oxygens (including phenoxy) is 3. The minimum absolute atomic E-state index is 0.103. The van der Waals surface area contributed by atoms with Crippen molar-refractivity contribution in [2.75, 3.05) is 13.7 Å². The molecular formula is C17H23IO5. The van der Waals surface area contributed by atoms with E-state index in [1.165, 1.54) is 7.11 Å². The highest BCUT2D eigenvalue weighted by molar-refractivity contribution is 14.1. The summed E-state index contributed by atoms with van der Waals surface area (Å²) in [6.45, 7) is 7.58. The van der Waals surface area contributed by atoms with Crippen molar-refractivity contribution in [2.45, 2.75) is 46.3 Å². The molecule has 6 heteroatoms. The minimum Gasteiger partial charge on any atom is -0.469 e. The van der Waals surface area contributed by atoms with Crippen molar-refractivity contribution in [1.82, 2.24) is 0 Å². The van der Waals surface area contributed by atoms with E-state index in [0.29, 0.717) is 0 Å². The first-order chi connectivity index (χ1) is 10.6. The summed E-state index contributed by atoms with van der Waals surface area (Å²) in [6, 6.07) is 3.88. The van der Waals surface area contributed by atoms with E-state index in [9.17, 15) is 9.59 Å². The van der Waals surface area contributed by atoms with Crippen molar-refractivity contribution < 1.29 is 23.8 Å². The van der Waals surface area contributed by atoms with Gasteiger partial charge in [0.15, 0.2) is 0 Å². The first-order valence-electron chi connectivity index (χ1n) is 7.26. The van der Waals surface area contributed by atoms with Gasteiger partial charge >= 0.3 is 11.9 Å². The van der Waals surface area contributed by atoms with Gasteiger partial charge in [-0.3, -0.25) is 4.79 Å². The third kappa shape index (κ3) is 7.30. The number of rotatable bonds is 6. The smallest absolute Gasteiger partial charge is 0.332 e. The summed E-state index contributed by atoms with van der Waals surface area (Å²) < 4.78 is 16.4. The molecule has 1 aromatic carbocycles. The number of hydrogen-bond acceptors (Lipinski definition) is 5. The molecule has 0 N–H and O–H groups in total. The highest BCUT2D eigenvalue weighted by Gasteiger charge is 2.16. The molecule has 0 aliphatic carbocycles. The number of esters is 2. The Kier molecular flexibility index (Phi) is 7.47. The lowest BCUT2D eigenvalue weighted by Crippen LogP contribution is -2.26. The zero-order valence-corrected chi connectivity index (χ0v) is 16.4. The third-order valence-electron chi connectivity index (χ3n) is 2.98. The van der Waals surface area contributed by atoms with Gasteiger partial charge in [-0.15, -0.1) is 0 Å². The van der Waals surface area contributed by atoms with Gasteiger partial charge in [0.2, 0.25) is 0 Å². The lowest BCUT2D eigenvalue weighted by atomic mass is 10.0. The van der Waals surface area contributed by atoms with E-state index in [4.69, 9.17) is 14.2 Å². The van der Waals surface area contributed by atoms with Gasteiger partial charge in [-0.05, 0) is 73.0 Å². The molecular weight excluding hydrogens is 411 g/mol. The van der Waals surface area contributed by atoms with Crippen molar-refractivity contribution in [3.63, 3.8) is 0 Å². The minimum atomic E-state index is -0.520. The monoisotopic (exact) mass is 434 g/mol. The summed E-state index contributed by atoms with van der Waals surface area (Å²) >= 11 is 2.22. The lowest BCUT2D eigenvalue weighted by Gasteiger charge is -2.19. The van der Waals surface area contributed by atoms with Gasteiger partial charge in [0.1, 0.15) is 12.2 Å². The summed E-state index contributed by atoms with van der Waals surface area (Å²) in [5.74, 6) is -0.676. The van der Waals surface area contributed by atoms with Crippen LogP contribution in [-0.2, 0) is 36.8 Å². The van der Waals surface area contributed by atoms with Crippen molar-refractivity contribution in [1.29, 1.82) is 0 Å². The molecule has 0 heterocycles. The zero-order chi connectivity index (χ0) is 17.6. The fourth-order valence-electron chi connectivity index (χ4n) is 1.92. The van der Waals surface area contributed by atoms with Crippen molar-refractivity contribution in [2.24, 2.45) is 0 Å². The second-order valence-corrected chi connectivity index (χ2v) is 7.36. The summed E-state index contributed by atoms with van der Waals surface area (Å²) in [4.78, 5) is 23.1. The summed E-state index contributed by atoms with van der Waals surface area (Å²) in [5, 5.41) is 0. The zero-order valence-electron chi connectivity index (χ0n) is 14.2. The first kappa shape index (κ1) is 19.9. The van der Waals surface area contributed by atoms with Crippen LogP contribution in [0, 0.1) is 10.5 Å². The Balaban J connectivity index is 2.67. The average molecular weight is 434 g/mol. The molecule has 0 atom stereocenters. The predicted molar refractivity (Wildman–Crippen MR) is 95.1 cm³/mol. The fraction of sp³-hybridized carbons (Fsp3) is 0.529. The Morgan fingerprint density at radius 1 is 1.17 bits per heavy atom. The molecule has 128 valence electrons. The highest BCUT2D eigenvalue weighted by Crippen LogP contribution is 2.20. The molecule has 0 radical (unpaired) electrons. The van der Waals surface area contributed by atoms with Crippen LogP contribution in [0.5, 0.6) is 0 Å². The van der Waals surface area contributed by atoms with Crippen LogP contribution >= 0.6 is 22.6 Å². The summed E-state index contributed by atoms with van der Waals surface area (Å²) in [6.07, 6.45) is 0.220. The van der Waals surface area contributed by atoms with Gasteiger partial charge in [0.25, 0.3) is 0 Å². The van der Waals surface area contributed by atoms with Gasteiger partial charge in [0.05, 0.1) is 20.1 Å². The van der Waals surface area contributed by atoms with E-state index in [1.54, 1.807) is 0 Å². The molecule has 5 nitrogen and oxygen atoms in total. The van der Waals surface area contributed by atoms with Crippen LogP contribution in [0.4, 0.5) is 0 Å². The van der Waals surface area contributed by atoms with Crippen LogP contribution in [0.3, 0.4) is 0 Å². The number of benzene rings is 1. The summed E-state index contributed by atoms with van der Waals surface area (Å²) in [5.41, 5.74) is 2.34. The molecule has 0 saturated heterocycles. The average Bonchev–Trinajstić information content (AvgIpc) is 2.42. The number of hydrogen-bond donors (Lipinski definition) is 0. The molecule has 0 aromatic heterocycles. The maximum absolute atomic E-state index is 11.6. The second kappa shape index (κ2) is 8.63. The standard InChI is InChI=1S/C17H23IO5/c1-11-13(8-15(19)21-5)6-12(7-14(11)18)9-22-10-16(20)23-17(2,3)4/h6-7H,8-10H2,1-5H3. The summed E-state index contributed by atoms with van der Waals surface area (Å²) in [7, 11) is 1.37. The molecule has 0 aliphatic heterocycles. The molecule has 1 rings (SSSR count). The Morgan fingerprint density at radius 3 is 2.39 bits per heavy atom. The number of methoxy groups -OCH3 is 1. The first-order valence-corrected chi connectivity index (χ1v) is 8.34. The van der Waals surface area contributed by atoms with Crippen LogP contribution in [0.25, 0.3) is 0 Å². The Morgan fingerprint density at radius 2 is 1.83 bits per heavy atom. The van der Waals surface area contributed by atoms with Crippen LogP contribution in [0.2, 0.25) is 0 Å². The van der Waals surface area contributed by atoms with E-state index in [0.717, 1.165) is 20.3 Å². The fourth-order valence-corrected chi connectivity index (χ4v) is 2.66. The SMILES string of the molecule is COC(=O)Cc1cc(COCC(=O)OC(C)(C)C)cc(I)c1C. The molecule has 0 fully saturated rings. The van der Waals surface area contributed by atoms with Crippen LogP contribution in [-0.4, -0.2) is 31.3 Å². The molecule has 1 aromatic rings. The van der Waals surface area contributed by atoms with Gasteiger partial charge in [0, 0.05) is 3.57 Å². The maximum atomic E-state index is 11.6. The quantitative estimate of drug-likeness (QED) is 0.509. The van der Waals surface area contributed by atoms with Gasteiger partial charge in [-0.1, -0.05) is 6.07 Å². The van der Waals surface area contributed by atoms with Crippen molar-refractivity contribution in [3.05, 3.63) is 32.4 Å². The van der Waals surface area contributed by atoms with Crippen LogP contribution < -0.4 is 0 Å². The highest BCUT2D eigenvalue weighted by atomic mass is 127. The largest absolute Gasteiger partial charge is 0.469 e. The van der Waals surface area contributed by atoms with E-state index in [2.05, 4.69) is 22.6 Å². The lowest BCUT2D eigenvalue weighted by molar-refractivity contribution is -0.160. The Bertz CT molecular complexity index is 575. The van der Waals surface area contributed by atoms with Crippen LogP contribution in [0.1, 0.15) is 37.5 Å². The second-order valence-electron chi connectivity index (χ2n) is 6.19. The van der Waals surface area contributed by atoms with Crippen LogP contribution in [0.15, 0.2) is 12.1 Å². The Labute approximate surface area is 150 Å². The number of halogens is 1. The van der Waals surface area contributed by atoms with Gasteiger partial charge in [-0.25, -0.2) is 4.79 Å². The Hall–Kier alpha value is -1.15. The maximum Gasteiger partial charge on any atom is 0.332 e. The molecule has 0 spiro atoms. The van der Waals surface area contributed by atoms with Crippen molar-refractivity contribution >= 4 is 34.5 Å². The van der Waals surface area contributed by atoms with E-state index < -0.39 is 11.6 Å². The topological polar surface area (TPSA) is 61.8 Å². The number of carbonyl (C=O) groups excluding carboxylic acids is 2.